The van der Waals surface area contributed by atoms with Crippen molar-refractivity contribution in [3.8, 4) is 0 Å². The zero-order valence-corrected chi connectivity index (χ0v) is 13.5. The highest BCUT2D eigenvalue weighted by atomic mass is 16.5. The number of hydrogen-bond donors (Lipinski definition) is 0. The minimum absolute atomic E-state index is 0.143. The van der Waals surface area contributed by atoms with Gasteiger partial charge in [-0.2, -0.15) is 0 Å². The summed E-state index contributed by atoms with van der Waals surface area (Å²) in [5, 5.41) is 0. The number of nitrogens with zero attached hydrogens (tertiary/aromatic N) is 3. The molecule has 3 heterocycles. The predicted molar refractivity (Wildman–Crippen MR) is 85.8 cm³/mol. The highest BCUT2D eigenvalue weighted by Gasteiger charge is 2.34. The van der Waals surface area contributed by atoms with Gasteiger partial charge < -0.3 is 14.5 Å². The fraction of sp³-hybridized carbons (Fsp3) is 0.647. The third-order valence-corrected chi connectivity index (χ3v) is 4.72. The fourth-order valence-electron chi connectivity index (χ4n) is 3.44. The maximum Gasteiger partial charge on any atom is 0.226 e. The molecule has 5 heteroatoms. The number of amides is 1. The molecule has 2 aliphatic heterocycles. The summed E-state index contributed by atoms with van der Waals surface area (Å²) in [6.07, 6.45) is 5.70. The summed E-state index contributed by atoms with van der Waals surface area (Å²) >= 11 is 0. The van der Waals surface area contributed by atoms with E-state index in [-0.39, 0.29) is 12.0 Å². The van der Waals surface area contributed by atoms with E-state index in [1.54, 1.807) is 0 Å². The van der Waals surface area contributed by atoms with Crippen molar-refractivity contribution in [3.63, 3.8) is 0 Å². The molecule has 0 saturated carbocycles. The van der Waals surface area contributed by atoms with E-state index >= 15 is 0 Å². The van der Waals surface area contributed by atoms with Crippen LogP contribution in [0.25, 0.3) is 0 Å². The first kappa shape index (κ1) is 15.3. The smallest absolute Gasteiger partial charge is 0.226 e. The number of carbonyl (C=O) groups is 1. The van der Waals surface area contributed by atoms with Crippen molar-refractivity contribution >= 4 is 11.7 Å². The maximum absolute atomic E-state index is 12.8. The molecule has 5 nitrogen and oxygen atoms in total. The number of ether oxygens (including phenoxy) is 1. The van der Waals surface area contributed by atoms with Gasteiger partial charge in [0.05, 0.1) is 6.04 Å². The first-order valence-corrected chi connectivity index (χ1v) is 8.18. The average molecular weight is 303 g/mol. The lowest BCUT2D eigenvalue weighted by atomic mass is 9.97. The monoisotopic (exact) mass is 303 g/mol. The zero-order chi connectivity index (χ0) is 15.5. The lowest BCUT2D eigenvalue weighted by Crippen LogP contribution is -2.38. The molecule has 2 fully saturated rings. The average Bonchev–Trinajstić information content (AvgIpc) is 3.04. The topological polar surface area (TPSA) is 45.7 Å². The molecule has 0 bridgehead atoms. The van der Waals surface area contributed by atoms with Crippen LogP contribution in [0.4, 0.5) is 5.82 Å². The highest BCUT2D eigenvalue weighted by molar-refractivity contribution is 5.79. The largest absolute Gasteiger partial charge is 0.381 e. The van der Waals surface area contributed by atoms with E-state index in [0.717, 1.165) is 51.3 Å². The van der Waals surface area contributed by atoms with Gasteiger partial charge in [0.2, 0.25) is 5.91 Å². The Morgan fingerprint density at radius 3 is 2.82 bits per heavy atom. The first-order valence-electron chi connectivity index (χ1n) is 8.18. The van der Waals surface area contributed by atoms with Crippen molar-refractivity contribution in [2.24, 2.45) is 5.92 Å². The van der Waals surface area contributed by atoms with Crippen molar-refractivity contribution in [1.82, 2.24) is 9.88 Å². The summed E-state index contributed by atoms with van der Waals surface area (Å²) in [5.41, 5.74) is 1.21. The van der Waals surface area contributed by atoms with Crippen molar-refractivity contribution in [3.05, 3.63) is 23.9 Å². The molecule has 1 atom stereocenters. The highest BCUT2D eigenvalue weighted by Crippen LogP contribution is 2.35. The van der Waals surface area contributed by atoms with Gasteiger partial charge in [-0.25, -0.2) is 4.98 Å². The zero-order valence-electron chi connectivity index (χ0n) is 13.5. The summed E-state index contributed by atoms with van der Waals surface area (Å²) in [5.74, 6) is 1.40. The molecule has 2 aliphatic rings. The summed E-state index contributed by atoms with van der Waals surface area (Å²) in [6, 6.07) is 4.37. The van der Waals surface area contributed by atoms with Crippen molar-refractivity contribution < 1.29 is 9.53 Å². The van der Waals surface area contributed by atoms with E-state index in [0.29, 0.717) is 5.91 Å². The Balaban J connectivity index is 1.77. The van der Waals surface area contributed by atoms with Gasteiger partial charge >= 0.3 is 0 Å². The van der Waals surface area contributed by atoms with Crippen LogP contribution in [-0.2, 0) is 9.53 Å². The van der Waals surface area contributed by atoms with E-state index in [4.69, 9.17) is 4.74 Å². The van der Waals surface area contributed by atoms with Crippen LogP contribution in [0.5, 0.6) is 0 Å². The summed E-state index contributed by atoms with van der Waals surface area (Å²) in [4.78, 5) is 21.3. The normalized spacial score (nSPS) is 22.8. The van der Waals surface area contributed by atoms with Gasteiger partial charge in [0, 0.05) is 46.0 Å². The molecule has 120 valence electrons. The maximum atomic E-state index is 12.8. The van der Waals surface area contributed by atoms with Gasteiger partial charge in [0.15, 0.2) is 0 Å². The molecule has 0 unspecified atom stereocenters. The lowest BCUT2D eigenvalue weighted by Gasteiger charge is -2.31. The standard InChI is InChI=1S/C17H25N3O2/c1-19(2)16-12-14(5-8-18-16)15-4-3-9-20(15)17(21)13-6-10-22-11-7-13/h5,8,12-13,15H,3-4,6-7,9-11H2,1-2H3/t15-/m1/s1. The third-order valence-electron chi connectivity index (χ3n) is 4.72. The second kappa shape index (κ2) is 6.65. The lowest BCUT2D eigenvalue weighted by molar-refractivity contribution is -0.139. The van der Waals surface area contributed by atoms with E-state index in [9.17, 15) is 4.79 Å². The number of likely N-dealkylation sites (tertiary alicyclic amines) is 1. The Hall–Kier alpha value is -1.62. The van der Waals surface area contributed by atoms with Crippen molar-refractivity contribution in [1.29, 1.82) is 0 Å². The molecule has 0 N–H and O–H groups in total. The van der Waals surface area contributed by atoms with Gasteiger partial charge in [0.1, 0.15) is 5.82 Å². The molecule has 1 aromatic rings. The number of anilines is 1. The number of aromatic nitrogens is 1. The van der Waals surface area contributed by atoms with Gasteiger partial charge in [-0.3, -0.25) is 4.79 Å². The van der Waals surface area contributed by atoms with Crippen LogP contribution >= 0.6 is 0 Å². The van der Waals surface area contributed by atoms with Crippen LogP contribution < -0.4 is 4.90 Å². The summed E-state index contributed by atoms with van der Waals surface area (Å²) in [6.45, 7) is 2.31. The number of hydrogen-bond acceptors (Lipinski definition) is 4. The van der Waals surface area contributed by atoms with Gasteiger partial charge in [-0.1, -0.05) is 0 Å². The van der Waals surface area contributed by atoms with Crippen molar-refractivity contribution in [2.75, 3.05) is 38.8 Å². The van der Waals surface area contributed by atoms with Gasteiger partial charge in [-0.05, 0) is 43.4 Å². The van der Waals surface area contributed by atoms with Crippen LogP contribution in [0.2, 0.25) is 0 Å². The molecule has 2 saturated heterocycles. The molecule has 1 amide bonds. The van der Waals surface area contributed by atoms with Crippen LogP contribution in [0.3, 0.4) is 0 Å². The molecule has 3 rings (SSSR count). The van der Waals surface area contributed by atoms with E-state index in [1.165, 1.54) is 5.56 Å². The molecule has 0 radical (unpaired) electrons. The van der Waals surface area contributed by atoms with E-state index < -0.39 is 0 Å². The number of pyridine rings is 1. The van der Waals surface area contributed by atoms with Gasteiger partial charge in [-0.15, -0.1) is 0 Å². The van der Waals surface area contributed by atoms with Crippen LogP contribution in [0.15, 0.2) is 18.3 Å². The summed E-state index contributed by atoms with van der Waals surface area (Å²) < 4.78 is 5.38. The predicted octanol–water partition coefficient (Wildman–Crippen LogP) is 2.24. The molecule has 22 heavy (non-hydrogen) atoms. The molecule has 0 aromatic carbocycles. The molecule has 1 aromatic heterocycles. The Morgan fingerprint density at radius 1 is 1.32 bits per heavy atom. The van der Waals surface area contributed by atoms with Crippen LogP contribution in [0.1, 0.15) is 37.3 Å². The number of rotatable bonds is 3. The quantitative estimate of drug-likeness (QED) is 0.859. The molecular weight excluding hydrogens is 278 g/mol. The Bertz CT molecular complexity index is 526. The van der Waals surface area contributed by atoms with Crippen LogP contribution in [0, 0.1) is 5.92 Å². The molecule has 0 aliphatic carbocycles. The first-order chi connectivity index (χ1) is 10.7. The van der Waals surface area contributed by atoms with Crippen LogP contribution in [-0.4, -0.2) is 49.6 Å². The summed E-state index contributed by atoms with van der Waals surface area (Å²) in [7, 11) is 3.98. The Labute approximate surface area is 132 Å². The Kier molecular flexibility index (Phi) is 4.62. The van der Waals surface area contributed by atoms with E-state index in [1.807, 2.05) is 31.3 Å². The van der Waals surface area contributed by atoms with Crippen molar-refractivity contribution in [2.45, 2.75) is 31.7 Å². The second-order valence-electron chi connectivity index (χ2n) is 6.42. The Morgan fingerprint density at radius 2 is 2.09 bits per heavy atom. The third kappa shape index (κ3) is 3.09. The van der Waals surface area contributed by atoms with E-state index in [2.05, 4.69) is 16.0 Å². The minimum atomic E-state index is 0.143. The SMILES string of the molecule is CN(C)c1cc([C@H]2CCCN2C(=O)C2CCOCC2)ccn1. The fourth-order valence-corrected chi connectivity index (χ4v) is 3.44. The van der Waals surface area contributed by atoms with Gasteiger partial charge in [0.25, 0.3) is 0 Å². The minimum Gasteiger partial charge on any atom is -0.381 e. The molecular formula is C17H25N3O2. The second-order valence-corrected chi connectivity index (χ2v) is 6.42. The number of carbonyl (C=O) groups excluding carboxylic acids is 1. The molecule has 0 spiro atoms.